The second-order valence-electron chi connectivity index (χ2n) is 3.43. The van der Waals surface area contributed by atoms with Crippen LogP contribution in [0.1, 0.15) is 0 Å². The molecule has 2 N–H and O–H groups in total. The number of rotatable bonds is 3. The zero-order chi connectivity index (χ0) is 12.3. The number of nitrogens with two attached hydrogens (primary N) is 1. The SMILES string of the molecule is COc1cccc(Oc2cccc(F)c2N)c1. The van der Waals surface area contributed by atoms with Crippen LogP contribution in [0.5, 0.6) is 17.2 Å². The minimum Gasteiger partial charge on any atom is -0.497 e. The van der Waals surface area contributed by atoms with Crippen molar-refractivity contribution in [3.63, 3.8) is 0 Å². The number of methoxy groups -OCH3 is 1. The van der Waals surface area contributed by atoms with Crippen LogP contribution in [-0.2, 0) is 0 Å². The van der Waals surface area contributed by atoms with Gasteiger partial charge in [0.25, 0.3) is 0 Å². The van der Waals surface area contributed by atoms with Crippen LogP contribution in [0.15, 0.2) is 42.5 Å². The molecule has 0 amide bonds. The molecule has 4 heteroatoms. The Hall–Kier alpha value is -2.23. The fourth-order valence-electron chi connectivity index (χ4n) is 1.40. The second kappa shape index (κ2) is 4.74. The summed E-state index contributed by atoms with van der Waals surface area (Å²) in [4.78, 5) is 0. The van der Waals surface area contributed by atoms with Gasteiger partial charge >= 0.3 is 0 Å². The molecule has 0 aliphatic carbocycles. The zero-order valence-electron chi connectivity index (χ0n) is 9.31. The standard InChI is InChI=1S/C13H12FNO2/c1-16-9-4-2-5-10(8-9)17-12-7-3-6-11(14)13(12)15/h2-8H,15H2,1H3. The largest absolute Gasteiger partial charge is 0.497 e. The first kappa shape index (κ1) is 11.3. The van der Waals surface area contributed by atoms with Gasteiger partial charge < -0.3 is 15.2 Å². The van der Waals surface area contributed by atoms with E-state index in [0.29, 0.717) is 17.2 Å². The molecule has 0 heterocycles. The summed E-state index contributed by atoms with van der Waals surface area (Å²) in [5.74, 6) is 1.00. The maximum absolute atomic E-state index is 13.2. The van der Waals surface area contributed by atoms with E-state index in [1.165, 1.54) is 6.07 Å². The summed E-state index contributed by atoms with van der Waals surface area (Å²) in [6.45, 7) is 0. The molecule has 0 atom stereocenters. The Morgan fingerprint density at radius 1 is 1.06 bits per heavy atom. The molecule has 17 heavy (non-hydrogen) atoms. The van der Waals surface area contributed by atoms with E-state index >= 15 is 0 Å². The maximum atomic E-state index is 13.2. The summed E-state index contributed by atoms with van der Waals surface area (Å²) in [5, 5.41) is 0. The average molecular weight is 233 g/mol. The first-order valence-corrected chi connectivity index (χ1v) is 5.06. The summed E-state index contributed by atoms with van der Waals surface area (Å²) in [6.07, 6.45) is 0. The van der Waals surface area contributed by atoms with Gasteiger partial charge in [-0.2, -0.15) is 0 Å². The lowest BCUT2D eigenvalue weighted by molar-refractivity contribution is 0.409. The lowest BCUT2D eigenvalue weighted by Gasteiger charge is -2.09. The van der Waals surface area contributed by atoms with E-state index in [4.69, 9.17) is 15.2 Å². The molecule has 0 aliphatic rings. The summed E-state index contributed by atoms with van der Waals surface area (Å²) in [6, 6.07) is 11.5. The first-order chi connectivity index (χ1) is 8.20. The number of halogens is 1. The van der Waals surface area contributed by atoms with E-state index in [0.717, 1.165) is 0 Å². The van der Waals surface area contributed by atoms with Gasteiger partial charge in [-0.1, -0.05) is 12.1 Å². The number of hydrogen-bond acceptors (Lipinski definition) is 3. The van der Waals surface area contributed by atoms with Crippen molar-refractivity contribution in [1.29, 1.82) is 0 Å². The van der Waals surface area contributed by atoms with Gasteiger partial charge in [0.1, 0.15) is 23.0 Å². The van der Waals surface area contributed by atoms with Crippen LogP contribution in [-0.4, -0.2) is 7.11 Å². The molecule has 0 bridgehead atoms. The normalized spacial score (nSPS) is 10.0. The molecule has 0 spiro atoms. The molecule has 2 aromatic carbocycles. The third-order valence-corrected chi connectivity index (χ3v) is 2.28. The Kier molecular flexibility index (Phi) is 3.14. The summed E-state index contributed by atoms with van der Waals surface area (Å²) >= 11 is 0. The van der Waals surface area contributed by atoms with Gasteiger partial charge in [0.05, 0.1) is 7.11 Å². The average Bonchev–Trinajstić information content (AvgIpc) is 2.35. The quantitative estimate of drug-likeness (QED) is 0.828. The minimum atomic E-state index is -0.495. The lowest BCUT2D eigenvalue weighted by atomic mass is 10.3. The maximum Gasteiger partial charge on any atom is 0.153 e. The molecule has 2 rings (SSSR count). The number of anilines is 1. The zero-order valence-corrected chi connectivity index (χ0v) is 9.31. The summed E-state index contributed by atoms with van der Waals surface area (Å²) < 4.78 is 23.7. The van der Waals surface area contributed by atoms with Crippen molar-refractivity contribution < 1.29 is 13.9 Å². The van der Waals surface area contributed by atoms with Crippen LogP contribution in [0.25, 0.3) is 0 Å². The van der Waals surface area contributed by atoms with E-state index < -0.39 is 5.82 Å². The summed E-state index contributed by atoms with van der Waals surface area (Å²) in [7, 11) is 1.57. The highest BCUT2D eigenvalue weighted by molar-refractivity contribution is 5.55. The van der Waals surface area contributed by atoms with Crippen molar-refractivity contribution in [2.45, 2.75) is 0 Å². The fourth-order valence-corrected chi connectivity index (χ4v) is 1.40. The van der Waals surface area contributed by atoms with Crippen LogP contribution in [0.2, 0.25) is 0 Å². The van der Waals surface area contributed by atoms with Gasteiger partial charge in [0, 0.05) is 6.07 Å². The smallest absolute Gasteiger partial charge is 0.153 e. The molecular weight excluding hydrogens is 221 g/mol. The first-order valence-electron chi connectivity index (χ1n) is 5.06. The van der Waals surface area contributed by atoms with Crippen molar-refractivity contribution >= 4 is 5.69 Å². The van der Waals surface area contributed by atoms with Gasteiger partial charge in [0.15, 0.2) is 5.75 Å². The third-order valence-electron chi connectivity index (χ3n) is 2.28. The van der Waals surface area contributed by atoms with E-state index in [-0.39, 0.29) is 5.69 Å². The Morgan fingerprint density at radius 2 is 1.76 bits per heavy atom. The van der Waals surface area contributed by atoms with Gasteiger partial charge in [-0.15, -0.1) is 0 Å². The predicted octanol–water partition coefficient (Wildman–Crippen LogP) is 3.21. The molecule has 2 aromatic rings. The summed E-state index contributed by atoms with van der Waals surface area (Å²) in [5.41, 5.74) is 5.57. The molecule has 88 valence electrons. The molecule has 0 fully saturated rings. The van der Waals surface area contributed by atoms with E-state index in [1.54, 1.807) is 43.5 Å². The Bertz CT molecular complexity index is 529. The van der Waals surface area contributed by atoms with Crippen LogP contribution in [0, 0.1) is 5.82 Å². The van der Waals surface area contributed by atoms with Gasteiger partial charge in [-0.3, -0.25) is 0 Å². The predicted molar refractivity (Wildman–Crippen MR) is 63.9 cm³/mol. The molecule has 0 saturated heterocycles. The van der Waals surface area contributed by atoms with E-state index in [1.807, 2.05) is 0 Å². The highest BCUT2D eigenvalue weighted by Gasteiger charge is 2.06. The number of benzene rings is 2. The highest BCUT2D eigenvalue weighted by Crippen LogP contribution is 2.30. The lowest BCUT2D eigenvalue weighted by Crippen LogP contribution is -1.95. The van der Waals surface area contributed by atoms with E-state index in [2.05, 4.69) is 0 Å². The number of hydrogen-bond donors (Lipinski definition) is 1. The molecular formula is C13H12FNO2. The molecule has 3 nitrogen and oxygen atoms in total. The van der Waals surface area contributed by atoms with Gasteiger partial charge in [0.2, 0.25) is 0 Å². The van der Waals surface area contributed by atoms with E-state index in [9.17, 15) is 4.39 Å². The topological polar surface area (TPSA) is 44.5 Å². The van der Waals surface area contributed by atoms with Crippen LogP contribution < -0.4 is 15.2 Å². The monoisotopic (exact) mass is 233 g/mol. The van der Waals surface area contributed by atoms with Gasteiger partial charge in [-0.05, 0) is 24.3 Å². The number of nitrogen functional groups attached to an aromatic ring is 1. The highest BCUT2D eigenvalue weighted by atomic mass is 19.1. The van der Waals surface area contributed by atoms with Crippen molar-refractivity contribution in [3.8, 4) is 17.2 Å². The molecule has 0 radical (unpaired) electrons. The Balaban J connectivity index is 2.28. The van der Waals surface area contributed by atoms with Crippen molar-refractivity contribution in [2.24, 2.45) is 0 Å². The Morgan fingerprint density at radius 3 is 2.53 bits per heavy atom. The fraction of sp³-hybridized carbons (Fsp3) is 0.0769. The molecule has 0 aromatic heterocycles. The van der Waals surface area contributed by atoms with Crippen molar-refractivity contribution in [2.75, 3.05) is 12.8 Å². The molecule has 0 saturated carbocycles. The molecule has 0 aliphatic heterocycles. The minimum absolute atomic E-state index is 0.00433. The molecule has 0 unspecified atom stereocenters. The van der Waals surface area contributed by atoms with Crippen LogP contribution in [0.3, 0.4) is 0 Å². The number of para-hydroxylation sites is 1. The third kappa shape index (κ3) is 2.47. The van der Waals surface area contributed by atoms with Gasteiger partial charge in [-0.25, -0.2) is 4.39 Å². The van der Waals surface area contributed by atoms with Crippen LogP contribution >= 0.6 is 0 Å². The Labute approximate surface area is 98.6 Å². The second-order valence-corrected chi connectivity index (χ2v) is 3.43. The van der Waals surface area contributed by atoms with Crippen molar-refractivity contribution in [3.05, 3.63) is 48.3 Å². The van der Waals surface area contributed by atoms with Crippen LogP contribution in [0.4, 0.5) is 10.1 Å². The van der Waals surface area contributed by atoms with Crippen molar-refractivity contribution in [1.82, 2.24) is 0 Å². The number of ether oxygens (including phenoxy) is 2.